The fourth-order valence-electron chi connectivity index (χ4n) is 1.52. The van der Waals surface area contributed by atoms with Crippen molar-refractivity contribution >= 4 is 39.9 Å². The molecule has 106 valence electrons. The molecule has 0 radical (unpaired) electrons. The number of aryl methyl sites for hydroxylation is 1. The summed E-state index contributed by atoms with van der Waals surface area (Å²) in [6.07, 6.45) is 0. The van der Waals surface area contributed by atoms with E-state index in [0.29, 0.717) is 5.13 Å². The van der Waals surface area contributed by atoms with E-state index in [1.54, 1.807) is 6.92 Å². The van der Waals surface area contributed by atoms with E-state index in [4.69, 9.17) is 0 Å². The van der Waals surface area contributed by atoms with Gasteiger partial charge in [-0.1, -0.05) is 35.2 Å². The number of nitrogens with one attached hydrogen (secondary N) is 1. The van der Waals surface area contributed by atoms with Crippen molar-refractivity contribution in [2.24, 2.45) is 0 Å². The fourth-order valence-corrected chi connectivity index (χ4v) is 3.46. The molecule has 0 aliphatic rings. The van der Waals surface area contributed by atoms with Crippen molar-refractivity contribution in [3.8, 4) is 0 Å². The lowest BCUT2D eigenvalue weighted by Gasteiger charge is -2.04. The van der Waals surface area contributed by atoms with Crippen LogP contribution in [0.2, 0.25) is 0 Å². The Morgan fingerprint density at radius 1 is 1.45 bits per heavy atom. The highest BCUT2D eigenvalue weighted by atomic mass is 32.2. The first-order valence-electron chi connectivity index (χ1n) is 6.00. The van der Waals surface area contributed by atoms with Gasteiger partial charge in [-0.2, -0.15) is 0 Å². The van der Waals surface area contributed by atoms with E-state index in [1.165, 1.54) is 35.8 Å². The number of nitrogens with zero attached hydrogens (tertiary/aromatic N) is 2. The van der Waals surface area contributed by atoms with Gasteiger partial charge < -0.3 is 10.1 Å². The fraction of sp³-hybridized carbons (Fsp3) is 0.308. The summed E-state index contributed by atoms with van der Waals surface area (Å²) in [5, 5.41) is 11.7. The van der Waals surface area contributed by atoms with Crippen LogP contribution >= 0.6 is 23.1 Å². The van der Waals surface area contributed by atoms with Crippen LogP contribution < -0.4 is 5.32 Å². The number of benzene rings is 1. The number of anilines is 2. The van der Waals surface area contributed by atoms with Crippen LogP contribution in [0.5, 0.6) is 0 Å². The van der Waals surface area contributed by atoms with E-state index in [2.05, 4.69) is 20.3 Å². The predicted molar refractivity (Wildman–Crippen MR) is 81.7 cm³/mol. The van der Waals surface area contributed by atoms with Crippen LogP contribution in [-0.4, -0.2) is 28.5 Å². The minimum Gasteiger partial charge on any atom is -0.468 e. The molecular weight excluding hydrogens is 294 g/mol. The van der Waals surface area contributed by atoms with Crippen LogP contribution in [-0.2, 0) is 9.53 Å². The molecule has 0 spiro atoms. The SMILES string of the molecule is COC(=O)[C@H](C)Sc1nnc(Nc2cccc(C)c2)s1. The van der Waals surface area contributed by atoms with Gasteiger partial charge in [0.1, 0.15) is 5.25 Å². The predicted octanol–water partition coefficient (Wildman–Crippen LogP) is 3.24. The van der Waals surface area contributed by atoms with Crippen LogP contribution in [0, 0.1) is 6.92 Å². The number of rotatable bonds is 5. The van der Waals surface area contributed by atoms with Gasteiger partial charge in [0, 0.05) is 5.69 Å². The van der Waals surface area contributed by atoms with Crippen molar-refractivity contribution in [3.63, 3.8) is 0 Å². The maximum Gasteiger partial charge on any atom is 0.318 e. The maximum absolute atomic E-state index is 11.3. The van der Waals surface area contributed by atoms with E-state index >= 15 is 0 Å². The van der Waals surface area contributed by atoms with Crippen molar-refractivity contribution in [1.29, 1.82) is 0 Å². The number of aromatic nitrogens is 2. The number of carbonyl (C=O) groups is 1. The largest absolute Gasteiger partial charge is 0.468 e. The molecule has 0 aliphatic heterocycles. The van der Waals surface area contributed by atoms with Gasteiger partial charge in [0.15, 0.2) is 4.34 Å². The van der Waals surface area contributed by atoms with Gasteiger partial charge in [-0.15, -0.1) is 10.2 Å². The van der Waals surface area contributed by atoms with E-state index in [1.807, 2.05) is 31.2 Å². The van der Waals surface area contributed by atoms with E-state index in [-0.39, 0.29) is 11.2 Å². The van der Waals surface area contributed by atoms with Gasteiger partial charge in [-0.25, -0.2) is 0 Å². The molecule has 0 fully saturated rings. The molecule has 0 saturated carbocycles. The standard InChI is InChI=1S/C13H15N3O2S2/c1-8-5-4-6-10(7-8)14-12-15-16-13(20-12)19-9(2)11(17)18-3/h4-7,9H,1-3H3,(H,14,15)/t9-/m0/s1. The average Bonchev–Trinajstić information content (AvgIpc) is 2.85. The van der Waals surface area contributed by atoms with Crippen LogP contribution in [0.4, 0.5) is 10.8 Å². The number of hydrogen-bond donors (Lipinski definition) is 1. The number of carbonyl (C=O) groups excluding carboxylic acids is 1. The summed E-state index contributed by atoms with van der Waals surface area (Å²) in [5.41, 5.74) is 2.15. The third-order valence-corrected chi connectivity index (χ3v) is 4.49. The highest BCUT2D eigenvalue weighted by Crippen LogP contribution is 2.30. The Bertz CT molecular complexity index is 601. The molecule has 20 heavy (non-hydrogen) atoms. The Hall–Kier alpha value is -1.60. The van der Waals surface area contributed by atoms with E-state index < -0.39 is 0 Å². The van der Waals surface area contributed by atoms with Crippen molar-refractivity contribution in [2.75, 3.05) is 12.4 Å². The lowest BCUT2D eigenvalue weighted by Crippen LogP contribution is -2.14. The molecule has 1 atom stereocenters. The van der Waals surface area contributed by atoms with Crippen molar-refractivity contribution in [3.05, 3.63) is 29.8 Å². The number of ether oxygens (including phenoxy) is 1. The molecular formula is C13H15N3O2S2. The summed E-state index contributed by atoms with van der Waals surface area (Å²) < 4.78 is 5.42. The first kappa shape index (κ1) is 14.8. The Morgan fingerprint density at radius 2 is 2.25 bits per heavy atom. The van der Waals surface area contributed by atoms with Gasteiger partial charge in [0.2, 0.25) is 5.13 Å². The molecule has 0 amide bonds. The zero-order valence-electron chi connectivity index (χ0n) is 11.4. The second kappa shape index (κ2) is 6.71. The van der Waals surface area contributed by atoms with Gasteiger partial charge in [-0.05, 0) is 31.5 Å². The van der Waals surface area contributed by atoms with Gasteiger partial charge in [0.05, 0.1) is 7.11 Å². The average molecular weight is 309 g/mol. The molecule has 2 aromatic rings. The molecule has 1 aromatic carbocycles. The van der Waals surface area contributed by atoms with Crippen LogP contribution in [0.1, 0.15) is 12.5 Å². The monoisotopic (exact) mass is 309 g/mol. The Morgan fingerprint density at radius 3 is 2.95 bits per heavy atom. The van der Waals surface area contributed by atoms with E-state index in [0.717, 1.165) is 10.0 Å². The van der Waals surface area contributed by atoms with Crippen molar-refractivity contribution < 1.29 is 9.53 Å². The van der Waals surface area contributed by atoms with Gasteiger partial charge in [-0.3, -0.25) is 4.79 Å². The van der Waals surface area contributed by atoms with E-state index in [9.17, 15) is 4.79 Å². The number of hydrogen-bond acceptors (Lipinski definition) is 7. The summed E-state index contributed by atoms with van der Waals surface area (Å²) >= 11 is 2.75. The minimum atomic E-state index is -0.292. The molecule has 0 aliphatic carbocycles. The maximum atomic E-state index is 11.3. The molecule has 1 aromatic heterocycles. The Kier molecular flexibility index (Phi) is 4.97. The quantitative estimate of drug-likeness (QED) is 0.675. The second-order valence-electron chi connectivity index (χ2n) is 4.15. The summed E-state index contributed by atoms with van der Waals surface area (Å²) in [5.74, 6) is -0.265. The first-order chi connectivity index (χ1) is 9.58. The minimum absolute atomic E-state index is 0.265. The summed E-state index contributed by atoms with van der Waals surface area (Å²) in [4.78, 5) is 11.3. The molecule has 5 nitrogen and oxygen atoms in total. The van der Waals surface area contributed by atoms with Crippen molar-refractivity contribution in [1.82, 2.24) is 10.2 Å². The van der Waals surface area contributed by atoms with Crippen molar-refractivity contribution in [2.45, 2.75) is 23.4 Å². The summed E-state index contributed by atoms with van der Waals surface area (Å²) in [7, 11) is 1.38. The summed E-state index contributed by atoms with van der Waals surface area (Å²) in [6, 6.07) is 8.02. The highest BCUT2D eigenvalue weighted by Gasteiger charge is 2.17. The van der Waals surface area contributed by atoms with Crippen LogP contribution in [0.3, 0.4) is 0 Å². The number of esters is 1. The smallest absolute Gasteiger partial charge is 0.318 e. The zero-order chi connectivity index (χ0) is 14.5. The molecule has 0 unspecified atom stereocenters. The van der Waals surface area contributed by atoms with Crippen LogP contribution in [0.25, 0.3) is 0 Å². The number of thioether (sulfide) groups is 1. The summed E-state index contributed by atoms with van der Waals surface area (Å²) in [6.45, 7) is 3.82. The lowest BCUT2D eigenvalue weighted by molar-refractivity contribution is -0.139. The second-order valence-corrected chi connectivity index (χ2v) is 6.72. The topological polar surface area (TPSA) is 64.1 Å². The third kappa shape index (κ3) is 3.94. The third-order valence-electron chi connectivity index (χ3n) is 2.49. The van der Waals surface area contributed by atoms with Crippen LogP contribution in [0.15, 0.2) is 28.6 Å². The normalized spacial score (nSPS) is 11.9. The zero-order valence-corrected chi connectivity index (χ0v) is 13.0. The van der Waals surface area contributed by atoms with Gasteiger partial charge in [0.25, 0.3) is 0 Å². The molecule has 2 rings (SSSR count). The Balaban J connectivity index is 2.00. The number of methoxy groups -OCH3 is 1. The lowest BCUT2D eigenvalue weighted by atomic mass is 10.2. The van der Waals surface area contributed by atoms with Gasteiger partial charge >= 0.3 is 5.97 Å². The first-order valence-corrected chi connectivity index (χ1v) is 7.70. The molecule has 1 heterocycles. The Labute approximate surface area is 125 Å². The molecule has 0 bridgehead atoms. The molecule has 7 heteroatoms. The highest BCUT2D eigenvalue weighted by molar-refractivity contribution is 8.02. The molecule has 1 N–H and O–H groups in total. The molecule has 0 saturated heterocycles.